The fraction of sp³-hybridized carbons (Fsp3) is 0.742. The second-order valence-corrected chi connectivity index (χ2v) is 13.0. The SMILES string of the molecule is CCCCCCCCC(=O)OC[C@H](CO[P@@](=O)(Oc1ccccc1)N(CCCl)CCCl)OC(=O)CCCCCCCC. The minimum atomic E-state index is -3.96. The summed E-state index contributed by atoms with van der Waals surface area (Å²) < 4.78 is 38.4. The number of benzene rings is 1. The van der Waals surface area contributed by atoms with E-state index in [1.165, 1.54) is 23.9 Å². The van der Waals surface area contributed by atoms with Crippen LogP contribution in [0.5, 0.6) is 5.75 Å². The molecule has 0 amide bonds. The highest BCUT2D eigenvalue weighted by atomic mass is 35.5. The molecular weight excluding hydrogens is 600 g/mol. The smallest absolute Gasteiger partial charge is 0.461 e. The number of halogens is 2. The van der Waals surface area contributed by atoms with Gasteiger partial charge in [0.05, 0.1) is 6.61 Å². The van der Waals surface area contributed by atoms with Gasteiger partial charge in [0.25, 0.3) is 0 Å². The fourth-order valence-electron chi connectivity index (χ4n) is 4.23. The van der Waals surface area contributed by atoms with Gasteiger partial charge in [0.2, 0.25) is 0 Å². The first-order valence-electron chi connectivity index (χ1n) is 15.6. The molecule has 0 spiro atoms. The molecule has 0 radical (unpaired) electrons. The molecule has 0 N–H and O–H groups in total. The Morgan fingerprint density at radius 2 is 1.29 bits per heavy atom. The number of nitrogens with zero attached hydrogens (tertiary/aromatic N) is 1. The number of rotatable bonds is 27. The van der Waals surface area contributed by atoms with Gasteiger partial charge in [-0.3, -0.25) is 14.1 Å². The lowest BCUT2D eigenvalue weighted by Crippen LogP contribution is -2.33. The van der Waals surface area contributed by atoms with Crippen LogP contribution < -0.4 is 4.52 Å². The van der Waals surface area contributed by atoms with Gasteiger partial charge in [-0.15, -0.1) is 23.2 Å². The maximum atomic E-state index is 14.1. The summed E-state index contributed by atoms with van der Waals surface area (Å²) in [5.74, 6) is -0.0816. The Kier molecular flexibility index (Phi) is 23.1. The van der Waals surface area contributed by atoms with Crippen LogP contribution in [0.2, 0.25) is 0 Å². The molecule has 1 aromatic carbocycles. The first-order chi connectivity index (χ1) is 20.4. The number of unbranched alkanes of at least 4 members (excludes halogenated alkanes) is 10. The largest absolute Gasteiger partial charge is 0.462 e. The molecule has 1 aromatic rings. The van der Waals surface area contributed by atoms with Gasteiger partial charge in [-0.1, -0.05) is 96.3 Å². The quantitative estimate of drug-likeness (QED) is 0.0403. The Balaban J connectivity index is 2.86. The average Bonchev–Trinajstić information content (AvgIpc) is 2.98. The highest BCUT2D eigenvalue weighted by Crippen LogP contribution is 2.52. The lowest BCUT2D eigenvalue weighted by atomic mass is 10.1. The maximum absolute atomic E-state index is 14.1. The van der Waals surface area contributed by atoms with E-state index in [4.69, 9.17) is 41.7 Å². The van der Waals surface area contributed by atoms with Crippen LogP contribution in [-0.4, -0.2) is 60.8 Å². The van der Waals surface area contributed by atoms with Crippen LogP contribution in [0, 0.1) is 0 Å². The number of hydrogen-bond donors (Lipinski definition) is 0. The van der Waals surface area contributed by atoms with E-state index in [1.807, 2.05) is 6.07 Å². The van der Waals surface area contributed by atoms with E-state index in [2.05, 4.69) is 13.8 Å². The lowest BCUT2D eigenvalue weighted by molar-refractivity contribution is -0.161. The number of para-hydroxylation sites is 1. The van der Waals surface area contributed by atoms with E-state index in [9.17, 15) is 14.2 Å². The Bertz CT molecular complexity index is 872. The number of alkyl halides is 2. The number of hydrogen-bond acceptors (Lipinski definition) is 7. The first kappa shape index (κ1) is 38.7. The van der Waals surface area contributed by atoms with Crippen molar-refractivity contribution in [2.24, 2.45) is 0 Å². The predicted molar refractivity (Wildman–Crippen MR) is 170 cm³/mol. The molecule has 0 aliphatic carbocycles. The Hall–Kier alpha value is -1.31. The molecule has 0 bridgehead atoms. The van der Waals surface area contributed by atoms with Crippen molar-refractivity contribution in [1.29, 1.82) is 0 Å². The molecular formula is C31H52Cl2NO7P. The molecule has 0 aliphatic rings. The van der Waals surface area contributed by atoms with Crippen molar-refractivity contribution in [2.75, 3.05) is 38.1 Å². The lowest BCUT2D eigenvalue weighted by Gasteiger charge is -2.30. The normalized spacial score (nSPS) is 13.5. The van der Waals surface area contributed by atoms with Crippen LogP contribution in [0.3, 0.4) is 0 Å². The van der Waals surface area contributed by atoms with Crippen molar-refractivity contribution >= 4 is 42.9 Å². The molecule has 0 aromatic heterocycles. The Morgan fingerprint density at radius 3 is 1.83 bits per heavy atom. The predicted octanol–water partition coefficient (Wildman–Crippen LogP) is 8.93. The van der Waals surface area contributed by atoms with Crippen molar-refractivity contribution in [1.82, 2.24) is 4.67 Å². The van der Waals surface area contributed by atoms with E-state index in [0.717, 1.165) is 51.4 Å². The van der Waals surface area contributed by atoms with Crippen molar-refractivity contribution in [3.8, 4) is 5.75 Å². The van der Waals surface area contributed by atoms with Gasteiger partial charge < -0.3 is 14.0 Å². The van der Waals surface area contributed by atoms with E-state index in [-0.39, 0.29) is 50.5 Å². The molecule has 0 aliphatic heterocycles. The van der Waals surface area contributed by atoms with Crippen LogP contribution >= 0.6 is 30.9 Å². The summed E-state index contributed by atoms with van der Waals surface area (Å²) >= 11 is 12.0. The summed E-state index contributed by atoms with van der Waals surface area (Å²) in [6, 6.07) is 8.65. The zero-order chi connectivity index (χ0) is 30.9. The molecule has 0 saturated heterocycles. The van der Waals surface area contributed by atoms with Crippen molar-refractivity contribution in [3.63, 3.8) is 0 Å². The Labute approximate surface area is 263 Å². The van der Waals surface area contributed by atoms with Gasteiger partial charge in [0.15, 0.2) is 6.10 Å². The summed E-state index contributed by atoms with van der Waals surface area (Å²) in [5, 5.41) is 0. The van der Waals surface area contributed by atoms with E-state index < -0.39 is 19.8 Å². The number of esters is 2. The summed E-state index contributed by atoms with van der Waals surface area (Å²) in [6.07, 6.45) is 12.1. The standard InChI is InChI=1S/C31H52Cl2NO7P/c1-3-5-7-9-11-16-20-30(35)38-26-29(40-31(36)21-17-12-10-8-6-4-2)27-39-42(37,34(24-22-32)25-23-33)41-28-18-14-13-15-19-28/h13-15,18-19,29H,3-12,16-17,20-27H2,1-2H3/t29-,42-/m1/s1. The third-order valence-electron chi connectivity index (χ3n) is 6.62. The van der Waals surface area contributed by atoms with Crippen molar-refractivity contribution < 1.29 is 32.7 Å². The second-order valence-electron chi connectivity index (χ2n) is 10.3. The van der Waals surface area contributed by atoms with Crippen LogP contribution in [-0.2, 0) is 28.2 Å². The summed E-state index contributed by atoms with van der Waals surface area (Å²) in [4.78, 5) is 25.1. The van der Waals surface area contributed by atoms with Gasteiger partial charge >= 0.3 is 19.7 Å². The van der Waals surface area contributed by atoms with Crippen LogP contribution in [0.1, 0.15) is 104 Å². The van der Waals surface area contributed by atoms with Gasteiger partial charge in [-0.05, 0) is 25.0 Å². The fourth-order valence-corrected chi connectivity index (χ4v) is 6.64. The molecule has 1 rings (SSSR count). The Morgan fingerprint density at radius 1 is 0.762 bits per heavy atom. The number of carbonyl (C=O) groups is 2. The monoisotopic (exact) mass is 651 g/mol. The zero-order valence-electron chi connectivity index (χ0n) is 25.6. The summed E-state index contributed by atoms with van der Waals surface area (Å²) in [6.45, 7) is 4.24. The van der Waals surface area contributed by atoms with Crippen molar-refractivity contribution in [2.45, 2.75) is 110 Å². The van der Waals surface area contributed by atoms with Gasteiger partial charge in [0.1, 0.15) is 12.4 Å². The third kappa shape index (κ3) is 18.4. The molecule has 42 heavy (non-hydrogen) atoms. The topological polar surface area (TPSA) is 91.4 Å². The minimum absolute atomic E-state index is 0.176. The number of ether oxygens (including phenoxy) is 2. The van der Waals surface area contributed by atoms with Gasteiger partial charge in [-0.25, -0.2) is 4.57 Å². The maximum Gasteiger partial charge on any atom is 0.461 e. The molecule has 0 heterocycles. The van der Waals surface area contributed by atoms with Crippen molar-refractivity contribution in [3.05, 3.63) is 30.3 Å². The molecule has 8 nitrogen and oxygen atoms in total. The zero-order valence-corrected chi connectivity index (χ0v) is 28.0. The minimum Gasteiger partial charge on any atom is -0.462 e. The van der Waals surface area contributed by atoms with Crippen LogP contribution in [0.15, 0.2) is 30.3 Å². The van der Waals surface area contributed by atoms with E-state index in [0.29, 0.717) is 18.6 Å². The molecule has 0 fully saturated rings. The van der Waals surface area contributed by atoms with Crippen LogP contribution in [0.25, 0.3) is 0 Å². The van der Waals surface area contributed by atoms with Gasteiger partial charge in [-0.2, -0.15) is 4.67 Å². The second kappa shape index (κ2) is 25.1. The molecule has 0 saturated carbocycles. The highest BCUT2D eigenvalue weighted by molar-refractivity contribution is 7.51. The van der Waals surface area contributed by atoms with Crippen LogP contribution in [0.4, 0.5) is 0 Å². The summed E-state index contributed by atoms with van der Waals surface area (Å²) in [5.41, 5.74) is 0. The third-order valence-corrected chi connectivity index (χ3v) is 8.96. The molecule has 2 atom stereocenters. The first-order valence-corrected chi connectivity index (χ1v) is 18.2. The van der Waals surface area contributed by atoms with E-state index >= 15 is 0 Å². The average molecular weight is 653 g/mol. The number of carbonyl (C=O) groups excluding carboxylic acids is 2. The summed E-state index contributed by atoms with van der Waals surface area (Å²) in [7, 11) is -3.96. The van der Waals surface area contributed by atoms with E-state index in [1.54, 1.807) is 24.3 Å². The van der Waals surface area contributed by atoms with Gasteiger partial charge in [0, 0.05) is 37.7 Å². The molecule has 11 heteroatoms. The molecule has 0 unspecified atom stereocenters. The highest BCUT2D eigenvalue weighted by Gasteiger charge is 2.36. The molecule has 242 valence electrons.